The summed E-state index contributed by atoms with van der Waals surface area (Å²) in [5.41, 5.74) is 9.63. The lowest BCUT2D eigenvalue weighted by atomic mass is 10.1. The van der Waals surface area contributed by atoms with E-state index in [9.17, 15) is 14.4 Å². The molecular formula is C33H28N4O6S. The van der Waals surface area contributed by atoms with Crippen molar-refractivity contribution in [3.05, 3.63) is 113 Å². The van der Waals surface area contributed by atoms with Crippen molar-refractivity contribution < 1.29 is 28.6 Å². The molecule has 0 aliphatic carbocycles. The van der Waals surface area contributed by atoms with Gasteiger partial charge < -0.3 is 30.6 Å². The number of hydrogen-bond donors (Lipinski definition) is 3. The first kappa shape index (κ1) is 29.8. The Morgan fingerprint density at radius 1 is 0.727 bits per heavy atom. The van der Waals surface area contributed by atoms with E-state index in [-0.39, 0.29) is 23.3 Å². The van der Waals surface area contributed by atoms with Crippen LogP contribution < -0.4 is 30.6 Å². The number of ether oxygens (including phenoxy) is 3. The number of aromatic nitrogens is 1. The molecule has 0 saturated heterocycles. The number of carbonyl (C=O) groups is 3. The van der Waals surface area contributed by atoms with E-state index >= 15 is 0 Å². The third kappa shape index (κ3) is 6.37. The molecule has 5 aromatic rings. The highest BCUT2D eigenvalue weighted by atomic mass is 32.1. The number of hydrogen-bond acceptors (Lipinski definition) is 9. The number of anilines is 3. The summed E-state index contributed by atoms with van der Waals surface area (Å²) in [6, 6.07) is 23.6. The summed E-state index contributed by atoms with van der Waals surface area (Å²) in [4.78, 5) is 43.1. The molecule has 222 valence electrons. The number of carbonyl (C=O) groups excluding carboxylic acids is 3. The molecule has 0 aliphatic heterocycles. The van der Waals surface area contributed by atoms with Crippen molar-refractivity contribution in [2.75, 3.05) is 37.7 Å². The van der Waals surface area contributed by atoms with Crippen LogP contribution in [-0.4, -0.2) is 43.9 Å². The lowest BCUT2D eigenvalue weighted by Crippen LogP contribution is -2.15. The second kappa shape index (κ2) is 13.1. The Morgan fingerprint density at radius 3 is 1.89 bits per heavy atom. The summed E-state index contributed by atoms with van der Waals surface area (Å²) in [5.74, 6) is 0.192. The average Bonchev–Trinajstić information content (AvgIpc) is 3.55. The minimum Gasteiger partial charge on any atom is -0.493 e. The van der Waals surface area contributed by atoms with Crippen LogP contribution in [0, 0.1) is 0 Å². The van der Waals surface area contributed by atoms with E-state index in [1.54, 1.807) is 78.2 Å². The number of para-hydroxylation sites is 2. The molecule has 0 bridgehead atoms. The highest BCUT2D eigenvalue weighted by Gasteiger charge is 2.20. The Morgan fingerprint density at radius 2 is 1.32 bits per heavy atom. The maximum atomic E-state index is 13.2. The zero-order valence-corrected chi connectivity index (χ0v) is 24.9. The Labute approximate surface area is 257 Å². The van der Waals surface area contributed by atoms with Crippen molar-refractivity contribution in [3.8, 4) is 27.8 Å². The van der Waals surface area contributed by atoms with Gasteiger partial charge in [-0.25, -0.2) is 4.98 Å². The molecule has 1 heterocycles. The number of nitrogens with two attached hydrogens (primary N) is 1. The molecular weight excluding hydrogens is 580 g/mol. The zero-order valence-electron chi connectivity index (χ0n) is 24.0. The Kier molecular flexibility index (Phi) is 8.87. The molecule has 11 heteroatoms. The molecule has 0 saturated carbocycles. The number of rotatable bonds is 10. The maximum absolute atomic E-state index is 13.2. The second-order valence-electron chi connectivity index (χ2n) is 9.43. The van der Waals surface area contributed by atoms with Gasteiger partial charge in [0.2, 0.25) is 11.5 Å². The summed E-state index contributed by atoms with van der Waals surface area (Å²) < 4.78 is 16.1. The van der Waals surface area contributed by atoms with Crippen molar-refractivity contribution in [1.29, 1.82) is 0 Å². The molecule has 4 N–H and O–H groups in total. The van der Waals surface area contributed by atoms with Crippen LogP contribution in [0.5, 0.6) is 17.2 Å². The SMILES string of the molecule is COc1cc(C(=O)c2csc(-c3ccc(NC(=O)c4ccc(C(=O)Nc5ccccc5N)cc4)cc3)n2)cc(OC)c1OC. The van der Waals surface area contributed by atoms with Crippen molar-refractivity contribution in [2.45, 2.75) is 0 Å². The largest absolute Gasteiger partial charge is 0.493 e. The second-order valence-corrected chi connectivity index (χ2v) is 10.3. The first-order valence-corrected chi connectivity index (χ1v) is 14.2. The van der Waals surface area contributed by atoms with Crippen LogP contribution in [0.2, 0.25) is 0 Å². The van der Waals surface area contributed by atoms with Gasteiger partial charge in [0.25, 0.3) is 11.8 Å². The molecule has 2 amide bonds. The highest BCUT2D eigenvalue weighted by Crippen LogP contribution is 2.39. The topological polar surface area (TPSA) is 142 Å². The quantitative estimate of drug-likeness (QED) is 0.127. The summed E-state index contributed by atoms with van der Waals surface area (Å²) in [6.45, 7) is 0. The third-order valence-corrected chi connectivity index (χ3v) is 7.56. The van der Waals surface area contributed by atoms with E-state index < -0.39 is 0 Å². The van der Waals surface area contributed by atoms with E-state index in [0.29, 0.717) is 56.0 Å². The minimum atomic E-state index is -0.332. The van der Waals surface area contributed by atoms with Crippen LogP contribution in [0.4, 0.5) is 17.1 Å². The molecule has 5 rings (SSSR count). The molecule has 0 radical (unpaired) electrons. The van der Waals surface area contributed by atoms with Gasteiger partial charge in [0.15, 0.2) is 11.5 Å². The van der Waals surface area contributed by atoms with Gasteiger partial charge in [-0.05, 0) is 72.8 Å². The first-order chi connectivity index (χ1) is 21.3. The summed E-state index contributed by atoms with van der Waals surface area (Å²) in [6.07, 6.45) is 0. The fourth-order valence-electron chi connectivity index (χ4n) is 4.35. The number of ketones is 1. The molecule has 0 spiro atoms. The smallest absolute Gasteiger partial charge is 0.255 e. The lowest BCUT2D eigenvalue weighted by molar-refractivity contribution is 0.101. The number of benzene rings is 4. The van der Waals surface area contributed by atoms with Crippen molar-refractivity contribution >= 4 is 46.0 Å². The number of nitrogens with zero attached hydrogens (tertiary/aromatic N) is 1. The predicted octanol–water partition coefficient (Wildman–Crippen LogP) is 6.15. The number of nitrogens with one attached hydrogen (secondary N) is 2. The van der Waals surface area contributed by atoms with E-state index in [1.807, 2.05) is 12.1 Å². The van der Waals surface area contributed by atoms with Crippen LogP contribution in [0.1, 0.15) is 36.8 Å². The van der Waals surface area contributed by atoms with Gasteiger partial charge in [0, 0.05) is 33.3 Å². The Hall–Kier alpha value is -5.68. The molecule has 0 aliphatic rings. The molecule has 44 heavy (non-hydrogen) atoms. The molecule has 1 aromatic heterocycles. The van der Waals surface area contributed by atoms with Crippen LogP contribution >= 0.6 is 11.3 Å². The van der Waals surface area contributed by atoms with Gasteiger partial charge in [-0.1, -0.05) is 12.1 Å². The van der Waals surface area contributed by atoms with Crippen LogP contribution in [0.15, 0.2) is 90.3 Å². The fraction of sp³-hybridized carbons (Fsp3) is 0.0909. The van der Waals surface area contributed by atoms with Gasteiger partial charge in [0.05, 0.1) is 32.7 Å². The van der Waals surface area contributed by atoms with E-state index in [0.717, 1.165) is 5.56 Å². The third-order valence-electron chi connectivity index (χ3n) is 6.67. The van der Waals surface area contributed by atoms with Gasteiger partial charge in [0.1, 0.15) is 10.7 Å². The van der Waals surface area contributed by atoms with Gasteiger partial charge in [-0.15, -0.1) is 11.3 Å². The molecule has 10 nitrogen and oxygen atoms in total. The molecule has 0 unspecified atom stereocenters. The fourth-order valence-corrected chi connectivity index (χ4v) is 5.15. The lowest BCUT2D eigenvalue weighted by Gasteiger charge is -2.13. The normalized spacial score (nSPS) is 10.5. The minimum absolute atomic E-state index is 0.279. The van der Waals surface area contributed by atoms with Crippen LogP contribution in [-0.2, 0) is 0 Å². The Bertz CT molecular complexity index is 1810. The van der Waals surface area contributed by atoms with E-state index in [2.05, 4.69) is 15.6 Å². The summed E-state index contributed by atoms with van der Waals surface area (Å²) >= 11 is 1.33. The molecule has 0 fully saturated rings. The standard InChI is InChI=1S/C33H28N4O6S/c1-41-27-16-22(17-28(42-2)30(27)43-3)29(38)26-18-44-33(37-26)21-12-14-23(15-13-21)35-31(39)19-8-10-20(11-9-19)32(40)36-25-7-5-4-6-24(25)34/h4-18H,34H2,1-3H3,(H,35,39)(H,36,40). The van der Waals surface area contributed by atoms with Gasteiger partial charge in [-0.3, -0.25) is 14.4 Å². The molecule has 0 atom stereocenters. The predicted molar refractivity (Wildman–Crippen MR) is 170 cm³/mol. The summed E-state index contributed by atoms with van der Waals surface area (Å²) in [5, 5.41) is 7.94. The zero-order chi connectivity index (χ0) is 31.2. The maximum Gasteiger partial charge on any atom is 0.255 e. The number of methoxy groups -OCH3 is 3. The average molecular weight is 609 g/mol. The number of amides is 2. The van der Waals surface area contributed by atoms with Crippen LogP contribution in [0.3, 0.4) is 0 Å². The van der Waals surface area contributed by atoms with E-state index in [4.69, 9.17) is 19.9 Å². The molecule has 4 aromatic carbocycles. The Balaban J connectivity index is 1.23. The van der Waals surface area contributed by atoms with Crippen molar-refractivity contribution in [3.63, 3.8) is 0 Å². The summed E-state index contributed by atoms with van der Waals surface area (Å²) in [7, 11) is 4.47. The van der Waals surface area contributed by atoms with E-state index in [1.165, 1.54) is 32.7 Å². The number of nitrogen functional groups attached to an aromatic ring is 1. The first-order valence-electron chi connectivity index (χ1n) is 13.3. The van der Waals surface area contributed by atoms with Crippen molar-refractivity contribution in [2.24, 2.45) is 0 Å². The monoisotopic (exact) mass is 608 g/mol. The van der Waals surface area contributed by atoms with Gasteiger partial charge >= 0.3 is 0 Å². The highest BCUT2D eigenvalue weighted by molar-refractivity contribution is 7.13. The van der Waals surface area contributed by atoms with Crippen molar-refractivity contribution in [1.82, 2.24) is 4.98 Å². The van der Waals surface area contributed by atoms with Gasteiger partial charge in [-0.2, -0.15) is 0 Å². The number of thiazole rings is 1. The van der Waals surface area contributed by atoms with Crippen LogP contribution in [0.25, 0.3) is 10.6 Å².